The van der Waals surface area contributed by atoms with Gasteiger partial charge in [-0.2, -0.15) is 9.78 Å². The molecule has 12 heteroatoms. The highest BCUT2D eigenvalue weighted by Crippen LogP contribution is 2.29. The number of nitrogen functional groups attached to an aromatic ring is 1. The molecule has 0 aliphatic rings. The summed E-state index contributed by atoms with van der Waals surface area (Å²) in [5.41, 5.74) is 10.1. The molecule has 1 amide bonds. The van der Waals surface area contributed by atoms with Gasteiger partial charge in [-0.3, -0.25) is 9.78 Å². The van der Waals surface area contributed by atoms with E-state index in [4.69, 9.17) is 5.73 Å². The van der Waals surface area contributed by atoms with Gasteiger partial charge in [-0.1, -0.05) is 17.3 Å². The third-order valence-corrected chi connectivity index (χ3v) is 4.62. The monoisotopic (exact) mass is 395 g/mol. The van der Waals surface area contributed by atoms with Crippen LogP contribution in [-0.2, 0) is 0 Å². The van der Waals surface area contributed by atoms with Crippen LogP contribution in [-0.4, -0.2) is 41.9 Å². The molecule has 0 aliphatic carbocycles. The van der Waals surface area contributed by atoms with Crippen molar-refractivity contribution in [1.29, 1.82) is 0 Å². The van der Waals surface area contributed by atoms with Gasteiger partial charge in [-0.05, 0) is 34.7 Å². The van der Waals surface area contributed by atoms with E-state index in [0.29, 0.717) is 11.4 Å². The lowest BCUT2D eigenvalue weighted by Gasteiger charge is -2.04. The molecule has 0 spiro atoms. The number of thiophene rings is 1. The summed E-state index contributed by atoms with van der Waals surface area (Å²) in [7, 11) is 0. The van der Waals surface area contributed by atoms with Gasteiger partial charge in [-0.15, -0.1) is 16.4 Å². The largest absolute Gasteiger partial charge is 0.378 e. The van der Waals surface area contributed by atoms with Crippen molar-refractivity contribution >= 4 is 28.8 Å². The van der Waals surface area contributed by atoms with E-state index in [0.717, 1.165) is 10.4 Å². The Balaban J connectivity index is 1.69. The number of carbonyl (C=O) groups excluding carboxylic acids is 1. The molecule has 0 aromatic carbocycles. The van der Waals surface area contributed by atoms with E-state index in [1.807, 2.05) is 23.6 Å². The minimum atomic E-state index is -0.534. The van der Waals surface area contributed by atoms with Gasteiger partial charge < -0.3 is 5.73 Å². The molecule has 11 nitrogen and oxygen atoms in total. The number of nitrogens with one attached hydrogen (secondary N) is 1. The van der Waals surface area contributed by atoms with Crippen LogP contribution >= 0.6 is 11.3 Å². The fourth-order valence-corrected chi connectivity index (χ4v) is 3.14. The first-order valence-corrected chi connectivity index (χ1v) is 8.86. The molecule has 0 saturated heterocycles. The maximum Gasteiger partial charge on any atom is 0.294 e. The quantitative estimate of drug-likeness (QED) is 0.381. The number of amides is 1. The Morgan fingerprint density at radius 1 is 1.32 bits per heavy atom. The second-order valence-electron chi connectivity index (χ2n) is 5.53. The average molecular weight is 395 g/mol. The Hall–Kier alpha value is -3.93. The summed E-state index contributed by atoms with van der Waals surface area (Å²) in [6.45, 7) is 1.76. The maximum atomic E-state index is 12.7. The minimum absolute atomic E-state index is 0.0279. The molecule has 0 fully saturated rings. The molecule has 4 aromatic rings. The zero-order valence-corrected chi connectivity index (χ0v) is 15.3. The van der Waals surface area contributed by atoms with E-state index in [1.165, 1.54) is 16.0 Å². The van der Waals surface area contributed by atoms with Crippen LogP contribution in [0.15, 0.2) is 51.8 Å². The van der Waals surface area contributed by atoms with Gasteiger partial charge in [0.05, 0.1) is 10.6 Å². The summed E-state index contributed by atoms with van der Waals surface area (Å²) in [6.07, 6.45) is 3.31. The topological polar surface area (TPSA) is 150 Å². The molecule has 0 atom stereocenters. The van der Waals surface area contributed by atoms with Gasteiger partial charge in [0, 0.05) is 18.0 Å². The normalized spacial score (nSPS) is 11.5. The van der Waals surface area contributed by atoms with E-state index < -0.39 is 5.91 Å². The van der Waals surface area contributed by atoms with Crippen LogP contribution < -0.4 is 11.2 Å². The van der Waals surface area contributed by atoms with Crippen LogP contribution in [0.25, 0.3) is 16.4 Å². The Kier molecular flexibility index (Phi) is 4.60. The average Bonchev–Trinajstić information content (AvgIpc) is 3.46. The van der Waals surface area contributed by atoms with Crippen LogP contribution in [0.4, 0.5) is 5.82 Å². The molecule has 0 bridgehead atoms. The van der Waals surface area contributed by atoms with Gasteiger partial charge in [-0.25, -0.2) is 10.1 Å². The third-order valence-electron chi connectivity index (χ3n) is 3.74. The summed E-state index contributed by atoms with van der Waals surface area (Å²) in [6, 6.07) is 7.29. The van der Waals surface area contributed by atoms with Gasteiger partial charge >= 0.3 is 0 Å². The predicted octanol–water partition coefficient (Wildman–Crippen LogP) is 1.51. The molecule has 4 rings (SSSR count). The van der Waals surface area contributed by atoms with Crippen molar-refractivity contribution in [3.05, 3.63) is 53.3 Å². The fourth-order valence-electron chi connectivity index (χ4n) is 2.38. The third kappa shape index (κ3) is 3.23. The smallest absolute Gasteiger partial charge is 0.294 e. The van der Waals surface area contributed by atoms with E-state index >= 15 is 0 Å². The molecule has 3 N–H and O–H groups in total. The van der Waals surface area contributed by atoms with E-state index in [-0.39, 0.29) is 17.3 Å². The zero-order valence-electron chi connectivity index (χ0n) is 14.5. The Morgan fingerprint density at radius 3 is 2.89 bits per heavy atom. The molecule has 28 heavy (non-hydrogen) atoms. The Bertz CT molecular complexity index is 1130. The highest BCUT2D eigenvalue weighted by molar-refractivity contribution is 7.13. The van der Waals surface area contributed by atoms with Crippen molar-refractivity contribution in [3.63, 3.8) is 0 Å². The van der Waals surface area contributed by atoms with Gasteiger partial charge in [0.2, 0.25) is 11.6 Å². The van der Waals surface area contributed by atoms with Crippen LogP contribution in [0.5, 0.6) is 0 Å². The van der Waals surface area contributed by atoms with Gasteiger partial charge in [0.15, 0.2) is 5.69 Å². The molecule has 140 valence electrons. The maximum absolute atomic E-state index is 12.7. The second-order valence-corrected chi connectivity index (χ2v) is 6.48. The molecular formula is C16H13N9O2S. The van der Waals surface area contributed by atoms with Crippen molar-refractivity contribution in [2.75, 3.05) is 5.73 Å². The Morgan fingerprint density at radius 2 is 2.21 bits per heavy atom. The molecule has 0 saturated carbocycles. The number of nitrogens with zero attached hydrogens (tertiary/aromatic N) is 7. The number of hydrogen-bond donors (Lipinski definition) is 2. The molecule has 0 unspecified atom stereocenters. The number of anilines is 1. The fraction of sp³-hybridized carbons (Fsp3) is 0.0625. The number of pyridine rings is 1. The van der Waals surface area contributed by atoms with E-state index in [1.54, 1.807) is 25.4 Å². The number of hydrogen-bond acceptors (Lipinski definition) is 10. The first-order valence-electron chi connectivity index (χ1n) is 7.98. The molecule has 4 aromatic heterocycles. The van der Waals surface area contributed by atoms with Crippen LogP contribution in [0, 0.1) is 0 Å². The molecule has 0 aliphatic heterocycles. The van der Waals surface area contributed by atoms with Crippen molar-refractivity contribution in [2.45, 2.75) is 6.92 Å². The minimum Gasteiger partial charge on any atom is -0.378 e. The lowest BCUT2D eigenvalue weighted by Crippen LogP contribution is -2.20. The van der Waals surface area contributed by atoms with Crippen LogP contribution in [0.2, 0.25) is 0 Å². The van der Waals surface area contributed by atoms with Crippen molar-refractivity contribution in [2.24, 2.45) is 5.10 Å². The lowest BCUT2D eigenvalue weighted by molar-refractivity contribution is 0.0950. The first kappa shape index (κ1) is 17.5. The number of aromatic nitrogens is 6. The number of nitrogens with two attached hydrogens (primary N) is 1. The summed E-state index contributed by atoms with van der Waals surface area (Å²) in [5.74, 6) is -0.363. The molecular weight excluding hydrogens is 382 g/mol. The predicted molar refractivity (Wildman–Crippen MR) is 101 cm³/mol. The second kappa shape index (κ2) is 7.36. The molecule has 0 radical (unpaired) electrons. The van der Waals surface area contributed by atoms with Crippen molar-refractivity contribution < 1.29 is 9.42 Å². The highest BCUT2D eigenvalue weighted by Gasteiger charge is 2.25. The summed E-state index contributed by atoms with van der Waals surface area (Å²) < 4.78 is 5.94. The van der Waals surface area contributed by atoms with Gasteiger partial charge in [0.1, 0.15) is 5.69 Å². The Labute approximate surface area is 161 Å². The summed E-state index contributed by atoms with van der Waals surface area (Å²) in [5, 5.41) is 21.2. The SMILES string of the molecule is CC(=NNC(=O)c1nnn(-c2nonc2N)c1-c1cccs1)c1cccnc1. The zero-order chi connectivity index (χ0) is 19.5. The van der Waals surface area contributed by atoms with E-state index in [2.05, 4.69) is 40.8 Å². The number of hydrazone groups is 1. The van der Waals surface area contributed by atoms with E-state index in [9.17, 15) is 4.79 Å². The highest BCUT2D eigenvalue weighted by atomic mass is 32.1. The molecule has 4 heterocycles. The summed E-state index contributed by atoms with van der Waals surface area (Å²) >= 11 is 1.41. The van der Waals surface area contributed by atoms with Crippen LogP contribution in [0.1, 0.15) is 23.0 Å². The van der Waals surface area contributed by atoms with Crippen molar-refractivity contribution in [3.8, 4) is 16.4 Å². The standard InChI is InChI=1S/C16H13N9O2S/c1-9(10-4-2-6-18-8-10)19-21-16(26)12-13(11-5-3-7-28-11)25(24-20-12)15-14(17)22-27-23-15/h2-8H,1H3,(H2,17,22)(H,21,26). The number of rotatable bonds is 5. The first-order chi connectivity index (χ1) is 13.6. The van der Waals surface area contributed by atoms with Gasteiger partial charge in [0.25, 0.3) is 5.91 Å². The number of carbonyl (C=O) groups is 1. The van der Waals surface area contributed by atoms with Crippen LogP contribution in [0.3, 0.4) is 0 Å². The van der Waals surface area contributed by atoms with Crippen molar-refractivity contribution in [1.82, 2.24) is 35.7 Å². The summed E-state index contributed by atoms with van der Waals surface area (Å²) in [4.78, 5) is 17.5. The lowest BCUT2D eigenvalue weighted by atomic mass is 10.2.